The van der Waals surface area contributed by atoms with Crippen molar-refractivity contribution < 1.29 is 14.3 Å². The third kappa shape index (κ3) is 2.15. The highest BCUT2D eigenvalue weighted by atomic mass is 35.5. The van der Waals surface area contributed by atoms with Gasteiger partial charge in [0.25, 0.3) is 0 Å². The average Bonchev–Trinajstić information content (AvgIpc) is 2.15. The van der Waals surface area contributed by atoms with Crippen LogP contribution in [0.1, 0.15) is 11.1 Å². The lowest BCUT2D eigenvalue weighted by Crippen LogP contribution is -2.05. The monoisotopic (exact) mass is 219 g/mol. The predicted octanol–water partition coefficient (Wildman–Crippen LogP) is 1.93. The van der Waals surface area contributed by atoms with E-state index in [2.05, 4.69) is 4.84 Å². The molecule has 0 amide bonds. The maximum Gasteiger partial charge on any atom is 0.166 e. The van der Waals surface area contributed by atoms with Crippen LogP contribution in [0.15, 0.2) is 6.07 Å². The van der Waals surface area contributed by atoms with Crippen molar-refractivity contribution in [3.8, 4) is 5.75 Å². The molecule has 0 fully saturated rings. The zero-order valence-corrected chi connectivity index (χ0v) is 8.44. The van der Waals surface area contributed by atoms with Crippen molar-refractivity contribution in [1.82, 2.24) is 0 Å². The molecule has 1 aromatic rings. The van der Waals surface area contributed by atoms with Crippen molar-refractivity contribution in [2.24, 2.45) is 5.90 Å². The Labute approximate surface area is 86.2 Å². The molecule has 0 saturated carbocycles. The van der Waals surface area contributed by atoms with Gasteiger partial charge in [-0.3, -0.25) is 0 Å². The van der Waals surface area contributed by atoms with Gasteiger partial charge in [0.05, 0.1) is 6.61 Å². The number of benzene rings is 1. The second-order valence-electron chi connectivity index (χ2n) is 2.91. The predicted molar refractivity (Wildman–Crippen MR) is 51.7 cm³/mol. The fourth-order valence-corrected chi connectivity index (χ4v) is 1.43. The van der Waals surface area contributed by atoms with Crippen LogP contribution in [0.2, 0.25) is 5.02 Å². The van der Waals surface area contributed by atoms with Crippen LogP contribution < -0.4 is 5.90 Å². The Bertz CT molecular complexity index is 318. The van der Waals surface area contributed by atoms with Crippen molar-refractivity contribution in [2.45, 2.75) is 13.3 Å². The summed E-state index contributed by atoms with van der Waals surface area (Å²) >= 11 is 5.75. The standard InChI is InChI=1S/C9H11ClFNO2/c1-5-6(2-3-14-12)9(13)8(11)4-7(5)10/h4,13H,2-3,12H2,1H3. The number of phenols is 1. The molecule has 1 rings (SSSR count). The molecule has 5 heteroatoms. The lowest BCUT2D eigenvalue weighted by Gasteiger charge is -2.10. The molecule has 3 nitrogen and oxygen atoms in total. The maximum absolute atomic E-state index is 13.0. The van der Waals surface area contributed by atoms with E-state index < -0.39 is 5.82 Å². The largest absolute Gasteiger partial charge is 0.505 e. The summed E-state index contributed by atoms with van der Waals surface area (Å²) in [6.45, 7) is 1.90. The molecular formula is C9H11ClFNO2. The van der Waals surface area contributed by atoms with Crippen LogP contribution >= 0.6 is 11.6 Å². The Hall–Kier alpha value is -0.840. The quantitative estimate of drug-likeness (QED) is 0.764. The van der Waals surface area contributed by atoms with Crippen molar-refractivity contribution in [2.75, 3.05) is 6.61 Å². The lowest BCUT2D eigenvalue weighted by molar-refractivity contribution is 0.140. The van der Waals surface area contributed by atoms with Gasteiger partial charge in [-0.2, -0.15) is 0 Å². The summed E-state index contributed by atoms with van der Waals surface area (Å²) in [5.74, 6) is 3.73. The molecule has 0 saturated heterocycles. The smallest absolute Gasteiger partial charge is 0.166 e. The molecule has 14 heavy (non-hydrogen) atoms. The average molecular weight is 220 g/mol. The molecule has 0 bridgehead atoms. The number of nitrogens with two attached hydrogens (primary N) is 1. The third-order valence-corrected chi connectivity index (χ3v) is 2.44. The van der Waals surface area contributed by atoms with Crippen LogP contribution in [0, 0.1) is 12.7 Å². The van der Waals surface area contributed by atoms with Crippen LogP contribution in [-0.2, 0) is 11.3 Å². The highest BCUT2D eigenvalue weighted by Crippen LogP contribution is 2.30. The van der Waals surface area contributed by atoms with Gasteiger partial charge >= 0.3 is 0 Å². The fourth-order valence-electron chi connectivity index (χ4n) is 1.22. The zero-order valence-electron chi connectivity index (χ0n) is 7.68. The Balaban J connectivity index is 3.11. The molecule has 0 spiro atoms. The van der Waals surface area contributed by atoms with Gasteiger partial charge in [-0.05, 0) is 18.6 Å². The third-order valence-electron chi connectivity index (χ3n) is 2.05. The first-order valence-corrected chi connectivity index (χ1v) is 4.43. The normalized spacial score (nSPS) is 10.6. The summed E-state index contributed by atoms with van der Waals surface area (Å²) in [4.78, 5) is 4.36. The highest BCUT2D eigenvalue weighted by molar-refractivity contribution is 6.31. The van der Waals surface area contributed by atoms with E-state index in [0.29, 0.717) is 17.5 Å². The molecule has 0 aromatic heterocycles. The van der Waals surface area contributed by atoms with E-state index in [4.69, 9.17) is 17.5 Å². The lowest BCUT2D eigenvalue weighted by atomic mass is 10.0. The summed E-state index contributed by atoms with van der Waals surface area (Å²) in [6, 6.07) is 1.08. The second kappa shape index (κ2) is 4.59. The minimum absolute atomic E-state index is 0.203. The Morgan fingerprint density at radius 1 is 1.64 bits per heavy atom. The second-order valence-corrected chi connectivity index (χ2v) is 3.32. The van der Waals surface area contributed by atoms with E-state index >= 15 is 0 Å². The summed E-state index contributed by atoms with van der Waals surface area (Å²) in [6.07, 6.45) is 0.325. The number of halogens is 2. The van der Waals surface area contributed by atoms with Gasteiger partial charge in [0, 0.05) is 17.0 Å². The molecule has 0 aliphatic heterocycles. The topological polar surface area (TPSA) is 55.5 Å². The number of hydrogen-bond donors (Lipinski definition) is 2. The van der Waals surface area contributed by atoms with Crippen LogP contribution in [0.25, 0.3) is 0 Å². The minimum atomic E-state index is -0.729. The van der Waals surface area contributed by atoms with Crippen molar-refractivity contribution >= 4 is 11.6 Å². The van der Waals surface area contributed by atoms with Gasteiger partial charge in [-0.15, -0.1) is 0 Å². The fraction of sp³-hybridized carbons (Fsp3) is 0.333. The van der Waals surface area contributed by atoms with E-state index in [-0.39, 0.29) is 17.4 Å². The van der Waals surface area contributed by atoms with E-state index in [1.807, 2.05) is 0 Å². The Morgan fingerprint density at radius 3 is 2.86 bits per heavy atom. The van der Waals surface area contributed by atoms with Crippen LogP contribution in [-0.4, -0.2) is 11.7 Å². The van der Waals surface area contributed by atoms with Crippen molar-refractivity contribution in [1.29, 1.82) is 0 Å². The highest BCUT2D eigenvalue weighted by Gasteiger charge is 2.13. The van der Waals surface area contributed by atoms with Crippen molar-refractivity contribution in [3.63, 3.8) is 0 Å². The van der Waals surface area contributed by atoms with E-state index in [0.717, 1.165) is 6.07 Å². The number of aromatic hydroxyl groups is 1. The molecule has 0 aliphatic rings. The van der Waals surface area contributed by atoms with Gasteiger partial charge in [-0.1, -0.05) is 11.6 Å². The number of hydrogen-bond acceptors (Lipinski definition) is 3. The molecular weight excluding hydrogens is 209 g/mol. The molecule has 1 aromatic carbocycles. The Kier molecular flexibility index (Phi) is 3.69. The first-order valence-electron chi connectivity index (χ1n) is 4.06. The van der Waals surface area contributed by atoms with E-state index in [9.17, 15) is 9.50 Å². The molecule has 0 radical (unpaired) electrons. The molecule has 0 aliphatic carbocycles. The molecule has 78 valence electrons. The van der Waals surface area contributed by atoms with Crippen LogP contribution in [0.5, 0.6) is 5.75 Å². The van der Waals surface area contributed by atoms with Gasteiger partial charge < -0.3 is 9.94 Å². The van der Waals surface area contributed by atoms with E-state index in [1.165, 1.54) is 0 Å². The summed E-state index contributed by atoms with van der Waals surface area (Å²) in [7, 11) is 0. The first kappa shape index (κ1) is 11.2. The van der Waals surface area contributed by atoms with Gasteiger partial charge in [0.1, 0.15) is 0 Å². The number of phenolic OH excluding ortho intramolecular Hbond substituents is 1. The maximum atomic E-state index is 13.0. The van der Waals surface area contributed by atoms with Crippen LogP contribution in [0.4, 0.5) is 4.39 Å². The first-order chi connectivity index (χ1) is 6.57. The zero-order chi connectivity index (χ0) is 10.7. The Morgan fingerprint density at radius 2 is 2.29 bits per heavy atom. The van der Waals surface area contributed by atoms with Gasteiger partial charge in [0.2, 0.25) is 0 Å². The molecule has 0 unspecified atom stereocenters. The summed E-state index contributed by atoms with van der Waals surface area (Å²) in [5.41, 5.74) is 1.07. The van der Waals surface area contributed by atoms with Crippen LogP contribution in [0.3, 0.4) is 0 Å². The van der Waals surface area contributed by atoms with Gasteiger partial charge in [-0.25, -0.2) is 10.3 Å². The number of rotatable bonds is 3. The SMILES string of the molecule is Cc1c(Cl)cc(F)c(O)c1CCON. The van der Waals surface area contributed by atoms with E-state index in [1.54, 1.807) is 6.92 Å². The van der Waals surface area contributed by atoms with Gasteiger partial charge in [0.15, 0.2) is 11.6 Å². The molecule has 0 heterocycles. The minimum Gasteiger partial charge on any atom is -0.505 e. The molecule has 0 atom stereocenters. The van der Waals surface area contributed by atoms with Crippen molar-refractivity contribution in [3.05, 3.63) is 28.0 Å². The molecule has 3 N–H and O–H groups in total. The summed E-state index contributed by atoms with van der Waals surface area (Å²) < 4.78 is 13.0. The summed E-state index contributed by atoms with van der Waals surface area (Å²) in [5, 5.41) is 9.68.